The van der Waals surface area contributed by atoms with E-state index in [9.17, 15) is 4.79 Å². The van der Waals surface area contributed by atoms with Gasteiger partial charge in [0.25, 0.3) is 0 Å². The lowest BCUT2D eigenvalue weighted by atomic mass is 10.0. The number of carbonyl (C=O) groups excluding carboxylic acids is 1. The Bertz CT molecular complexity index is 451. The number of quaternary nitrogens is 1. The molecule has 1 aromatic rings. The second kappa shape index (κ2) is 6.40. The van der Waals surface area contributed by atoms with Gasteiger partial charge in [-0.25, -0.2) is 0 Å². The molecule has 1 aliphatic heterocycles. The van der Waals surface area contributed by atoms with E-state index in [1.165, 1.54) is 36.4 Å². The number of benzene rings is 1. The molecule has 0 aliphatic carbocycles. The maximum Gasteiger partial charge on any atom is 0.150 e. The largest absolute Gasteiger partial charge is 0.360 e. The Morgan fingerprint density at radius 2 is 1.75 bits per heavy atom. The monoisotopic (exact) mass is 275 g/mol. The summed E-state index contributed by atoms with van der Waals surface area (Å²) in [6.45, 7) is 14.8. The summed E-state index contributed by atoms with van der Waals surface area (Å²) < 4.78 is 0. The zero-order chi connectivity index (χ0) is 14.7. The quantitative estimate of drug-likeness (QED) is 0.842. The van der Waals surface area contributed by atoms with Crippen molar-refractivity contribution in [3.05, 3.63) is 28.8 Å². The normalized spacial score (nSPS) is 16.8. The molecule has 3 heteroatoms. The second-order valence-corrected chi connectivity index (χ2v) is 6.46. The molecule has 0 unspecified atom stereocenters. The Hall–Kier alpha value is -1.35. The minimum Gasteiger partial charge on any atom is -0.360 e. The molecule has 0 saturated carbocycles. The average Bonchev–Trinajstić information content (AvgIpc) is 2.39. The molecule has 0 spiro atoms. The van der Waals surface area contributed by atoms with Gasteiger partial charge in [0.1, 0.15) is 6.29 Å². The van der Waals surface area contributed by atoms with Crippen LogP contribution in [0.15, 0.2) is 12.1 Å². The first kappa shape index (κ1) is 15.0. The van der Waals surface area contributed by atoms with E-state index in [0.717, 1.165) is 30.9 Å². The molecule has 0 amide bonds. The van der Waals surface area contributed by atoms with E-state index >= 15 is 0 Å². The highest BCUT2D eigenvalue weighted by molar-refractivity contribution is 5.78. The number of aryl methyl sites for hydroxylation is 2. The molecule has 1 aliphatic rings. The van der Waals surface area contributed by atoms with E-state index in [2.05, 4.69) is 32.6 Å². The van der Waals surface area contributed by atoms with Gasteiger partial charge in [0.2, 0.25) is 0 Å². The predicted molar refractivity (Wildman–Crippen MR) is 83.9 cm³/mol. The van der Waals surface area contributed by atoms with Crippen molar-refractivity contribution in [2.75, 3.05) is 37.6 Å². The number of nitrogens with zero attached hydrogens (tertiary/aromatic N) is 1. The van der Waals surface area contributed by atoms with Crippen LogP contribution in [0.25, 0.3) is 0 Å². The number of aldehydes is 1. The first-order chi connectivity index (χ1) is 9.51. The summed E-state index contributed by atoms with van der Waals surface area (Å²) in [6.07, 6.45) is 0.939. The van der Waals surface area contributed by atoms with Crippen LogP contribution in [0, 0.1) is 19.8 Å². The van der Waals surface area contributed by atoms with Crippen molar-refractivity contribution in [3.63, 3.8) is 0 Å². The van der Waals surface area contributed by atoms with Gasteiger partial charge in [0.05, 0.1) is 32.7 Å². The molecule has 20 heavy (non-hydrogen) atoms. The third-order valence-electron chi connectivity index (χ3n) is 4.13. The fraction of sp³-hybridized carbons (Fsp3) is 0.588. The van der Waals surface area contributed by atoms with E-state index in [0.29, 0.717) is 0 Å². The summed E-state index contributed by atoms with van der Waals surface area (Å²) in [7, 11) is 0. The van der Waals surface area contributed by atoms with Gasteiger partial charge in [-0.2, -0.15) is 0 Å². The Balaban J connectivity index is 2.09. The zero-order valence-electron chi connectivity index (χ0n) is 13.2. The zero-order valence-corrected chi connectivity index (χ0v) is 13.2. The van der Waals surface area contributed by atoms with Crippen LogP contribution < -0.4 is 9.80 Å². The smallest absolute Gasteiger partial charge is 0.150 e. The number of piperazine rings is 1. The molecule has 1 saturated heterocycles. The van der Waals surface area contributed by atoms with Crippen LogP contribution in [-0.4, -0.2) is 39.0 Å². The van der Waals surface area contributed by atoms with Crippen LogP contribution in [0.2, 0.25) is 0 Å². The summed E-state index contributed by atoms with van der Waals surface area (Å²) in [5, 5.41) is 0. The van der Waals surface area contributed by atoms with Gasteiger partial charge in [-0.15, -0.1) is 0 Å². The molecule has 110 valence electrons. The van der Waals surface area contributed by atoms with Crippen LogP contribution in [0.3, 0.4) is 0 Å². The molecule has 0 atom stereocenters. The van der Waals surface area contributed by atoms with Crippen molar-refractivity contribution in [2.24, 2.45) is 5.92 Å². The van der Waals surface area contributed by atoms with Gasteiger partial charge in [-0.3, -0.25) is 4.79 Å². The van der Waals surface area contributed by atoms with Gasteiger partial charge in [-0.05, 0) is 37.1 Å². The lowest BCUT2D eigenvalue weighted by Crippen LogP contribution is -3.15. The fourth-order valence-electron chi connectivity index (χ4n) is 3.38. The van der Waals surface area contributed by atoms with Gasteiger partial charge in [0.15, 0.2) is 0 Å². The lowest BCUT2D eigenvalue weighted by Gasteiger charge is -2.36. The molecule has 1 heterocycles. The molecule has 2 rings (SSSR count). The number of hydrogen-bond donors (Lipinski definition) is 1. The van der Waals surface area contributed by atoms with Crippen LogP contribution in [-0.2, 0) is 0 Å². The minimum absolute atomic E-state index is 0.770. The van der Waals surface area contributed by atoms with Crippen LogP contribution in [0.1, 0.15) is 35.3 Å². The molecular weight excluding hydrogens is 248 g/mol. The van der Waals surface area contributed by atoms with Crippen LogP contribution in [0.5, 0.6) is 0 Å². The summed E-state index contributed by atoms with van der Waals surface area (Å²) >= 11 is 0. The van der Waals surface area contributed by atoms with E-state index in [1.807, 2.05) is 12.1 Å². The SMILES string of the molecule is Cc1cc(C=O)cc(C)c1N1CC[NH+](CC(C)C)CC1. The Morgan fingerprint density at radius 1 is 1.20 bits per heavy atom. The molecule has 0 aromatic heterocycles. The highest BCUT2D eigenvalue weighted by atomic mass is 16.1. The highest BCUT2D eigenvalue weighted by Gasteiger charge is 2.22. The van der Waals surface area contributed by atoms with Gasteiger partial charge < -0.3 is 9.80 Å². The van der Waals surface area contributed by atoms with Crippen LogP contribution in [0.4, 0.5) is 5.69 Å². The summed E-state index contributed by atoms with van der Waals surface area (Å²) in [5.74, 6) is 0.770. The first-order valence-corrected chi connectivity index (χ1v) is 7.66. The molecule has 1 aromatic carbocycles. The lowest BCUT2D eigenvalue weighted by molar-refractivity contribution is -0.903. The molecule has 3 nitrogen and oxygen atoms in total. The van der Waals surface area contributed by atoms with Gasteiger partial charge in [0, 0.05) is 17.2 Å². The third-order valence-corrected chi connectivity index (χ3v) is 4.13. The molecule has 1 fully saturated rings. The summed E-state index contributed by atoms with van der Waals surface area (Å²) in [6, 6.07) is 4.01. The van der Waals surface area contributed by atoms with E-state index in [-0.39, 0.29) is 0 Å². The molecular formula is C17H27N2O+. The number of rotatable bonds is 4. The highest BCUT2D eigenvalue weighted by Crippen LogP contribution is 2.25. The van der Waals surface area contributed by atoms with E-state index < -0.39 is 0 Å². The number of nitrogens with one attached hydrogen (secondary N) is 1. The predicted octanol–water partition coefficient (Wildman–Crippen LogP) is 1.48. The van der Waals surface area contributed by atoms with E-state index in [4.69, 9.17) is 0 Å². The standard InChI is InChI=1S/C17H26N2O/c1-13(2)11-18-5-7-19(8-6-18)17-14(3)9-16(12-20)10-15(17)4/h9-10,12-13H,5-8,11H2,1-4H3/p+1. The van der Waals surface area contributed by atoms with Crippen molar-refractivity contribution < 1.29 is 9.69 Å². The molecule has 0 radical (unpaired) electrons. The van der Waals surface area contributed by atoms with E-state index in [1.54, 1.807) is 4.90 Å². The number of hydrogen-bond acceptors (Lipinski definition) is 2. The minimum atomic E-state index is 0.770. The second-order valence-electron chi connectivity index (χ2n) is 6.46. The Kier molecular flexibility index (Phi) is 4.81. The van der Waals surface area contributed by atoms with Crippen molar-refractivity contribution in [1.29, 1.82) is 0 Å². The van der Waals surface area contributed by atoms with Crippen molar-refractivity contribution in [3.8, 4) is 0 Å². The maximum atomic E-state index is 10.9. The maximum absolute atomic E-state index is 10.9. The first-order valence-electron chi connectivity index (χ1n) is 7.66. The molecule has 0 bridgehead atoms. The van der Waals surface area contributed by atoms with Crippen molar-refractivity contribution in [2.45, 2.75) is 27.7 Å². The summed E-state index contributed by atoms with van der Waals surface area (Å²) in [4.78, 5) is 15.1. The van der Waals surface area contributed by atoms with Crippen molar-refractivity contribution in [1.82, 2.24) is 0 Å². The van der Waals surface area contributed by atoms with Gasteiger partial charge in [-0.1, -0.05) is 13.8 Å². The van der Waals surface area contributed by atoms with Crippen molar-refractivity contribution >= 4 is 12.0 Å². The van der Waals surface area contributed by atoms with Gasteiger partial charge >= 0.3 is 0 Å². The molecule has 1 N–H and O–H groups in total. The topological polar surface area (TPSA) is 24.8 Å². The third kappa shape index (κ3) is 3.40. The average molecular weight is 275 g/mol. The fourth-order valence-corrected chi connectivity index (χ4v) is 3.38. The Morgan fingerprint density at radius 3 is 2.20 bits per heavy atom. The number of carbonyl (C=O) groups is 1. The Labute approximate surface area is 122 Å². The van der Waals surface area contributed by atoms with Crippen LogP contribution >= 0.6 is 0 Å². The number of anilines is 1. The summed E-state index contributed by atoms with van der Waals surface area (Å²) in [5.41, 5.74) is 4.56.